The lowest BCUT2D eigenvalue weighted by Gasteiger charge is -2.27. The Labute approximate surface area is 131 Å². The molecule has 22 heavy (non-hydrogen) atoms. The van der Waals surface area contributed by atoms with E-state index in [0.717, 1.165) is 36.1 Å². The van der Waals surface area contributed by atoms with Gasteiger partial charge in [0.15, 0.2) is 0 Å². The Morgan fingerprint density at radius 3 is 2.77 bits per heavy atom. The van der Waals surface area contributed by atoms with Crippen molar-refractivity contribution in [3.63, 3.8) is 0 Å². The predicted octanol–water partition coefficient (Wildman–Crippen LogP) is 2.88. The van der Waals surface area contributed by atoms with Crippen LogP contribution >= 0.6 is 11.8 Å². The Bertz CT molecular complexity index is 650. The van der Waals surface area contributed by atoms with Gasteiger partial charge in [-0.15, -0.1) is 11.8 Å². The number of aromatic nitrogens is 2. The van der Waals surface area contributed by atoms with Crippen molar-refractivity contribution >= 4 is 17.6 Å². The summed E-state index contributed by atoms with van der Waals surface area (Å²) in [5.41, 5.74) is 0.330. The van der Waals surface area contributed by atoms with Gasteiger partial charge in [-0.25, -0.2) is 18.7 Å². The van der Waals surface area contributed by atoms with Gasteiger partial charge < -0.3 is 9.64 Å². The van der Waals surface area contributed by atoms with Crippen molar-refractivity contribution in [2.45, 2.75) is 10.8 Å². The molecule has 1 fully saturated rings. The number of ether oxygens (including phenoxy) is 1. The van der Waals surface area contributed by atoms with Crippen LogP contribution in [-0.4, -0.2) is 36.3 Å². The van der Waals surface area contributed by atoms with E-state index in [1.54, 1.807) is 0 Å². The maximum absolute atomic E-state index is 13.6. The minimum absolute atomic E-state index is 0.323. The van der Waals surface area contributed by atoms with Gasteiger partial charge in [0, 0.05) is 30.5 Å². The van der Waals surface area contributed by atoms with E-state index >= 15 is 0 Å². The lowest BCUT2D eigenvalue weighted by atomic mass is 10.2. The Hall–Kier alpha value is -1.73. The molecule has 116 valence electrons. The molecule has 0 spiro atoms. The highest BCUT2D eigenvalue weighted by Crippen LogP contribution is 2.25. The number of anilines is 1. The summed E-state index contributed by atoms with van der Waals surface area (Å²) in [6, 6.07) is 5.34. The van der Waals surface area contributed by atoms with Crippen molar-refractivity contribution in [2.75, 3.05) is 31.2 Å². The van der Waals surface area contributed by atoms with Crippen molar-refractivity contribution < 1.29 is 13.5 Å². The number of morpholine rings is 1. The molecular weight excluding hydrogens is 308 g/mol. The number of hydrogen-bond acceptors (Lipinski definition) is 5. The van der Waals surface area contributed by atoms with Crippen LogP contribution in [0, 0.1) is 11.6 Å². The van der Waals surface area contributed by atoms with Crippen LogP contribution in [0.4, 0.5) is 14.6 Å². The van der Waals surface area contributed by atoms with E-state index in [-0.39, 0.29) is 0 Å². The molecule has 3 rings (SSSR count). The standard InChI is InChI=1S/C15H15F2N3OS/c16-12-1-2-13(17)11(7-12)9-22-15-8-14(18-10-19-15)20-3-5-21-6-4-20/h1-2,7-8,10H,3-6,9H2. The Morgan fingerprint density at radius 1 is 1.14 bits per heavy atom. The van der Waals surface area contributed by atoms with Crippen LogP contribution in [0.3, 0.4) is 0 Å². The maximum atomic E-state index is 13.6. The van der Waals surface area contributed by atoms with Gasteiger partial charge in [0.05, 0.1) is 13.2 Å². The minimum atomic E-state index is -0.436. The van der Waals surface area contributed by atoms with Crippen LogP contribution in [0.25, 0.3) is 0 Å². The topological polar surface area (TPSA) is 38.2 Å². The van der Waals surface area contributed by atoms with E-state index in [1.807, 2.05) is 6.07 Å². The number of benzene rings is 1. The van der Waals surface area contributed by atoms with E-state index in [0.29, 0.717) is 24.5 Å². The fraction of sp³-hybridized carbons (Fsp3) is 0.333. The summed E-state index contributed by atoms with van der Waals surface area (Å²) in [5, 5.41) is 0.736. The second-order valence-corrected chi connectivity index (χ2v) is 5.83. The molecule has 0 bridgehead atoms. The third-order valence-electron chi connectivity index (χ3n) is 3.35. The minimum Gasteiger partial charge on any atom is -0.378 e. The fourth-order valence-corrected chi connectivity index (χ4v) is 3.01. The molecule has 0 amide bonds. The normalized spacial score (nSPS) is 15.1. The molecule has 2 aromatic rings. The summed E-state index contributed by atoms with van der Waals surface area (Å²) in [4.78, 5) is 10.6. The van der Waals surface area contributed by atoms with Crippen LogP contribution in [0.2, 0.25) is 0 Å². The summed E-state index contributed by atoms with van der Waals surface area (Å²) < 4.78 is 32.1. The molecule has 1 aliphatic rings. The van der Waals surface area contributed by atoms with Crippen LogP contribution in [0.5, 0.6) is 0 Å². The monoisotopic (exact) mass is 323 g/mol. The van der Waals surface area contributed by atoms with E-state index in [1.165, 1.54) is 24.2 Å². The zero-order valence-electron chi connectivity index (χ0n) is 11.8. The molecule has 0 atom stereocenters. The zero-order valence-corrected chi connectivity index (χ0v) is 12.7. The number of hydrogen-bond donors (Lipinski definition) is 0. The first-order chi connectivity index (χ1) is 10.7. The van der Waals surface area contributed by atoms with Crippen LogP contribution in [0.1, 0.15) is 5.56 Å². The van der Waals surface area contributed by atoms with Crippen molar-refractivity contribution in [3.8, 4) is 0 Å². The van der Waals surface area contributed by atoms with Gasteiger partial charge in [0.2, 0.25) is 0 Å². The number of rotatable bonds is 4. The summed E-state index contributed by atoms with van der Waals surface area (Å²) in [7, 11) is 0. The largest absolute Gasteiger partial charge is 0.378 e. The quantitative estimate of drug-likeness (QED) is 0.639. The smallest absolute Gasteiger partial charge is 0.133 e. The average molecular weight is 323 g/mol. The molecule has 2 heterocycles. The Balaban J connectivity index is 1.68. The van der Waals surface area contributed by atoms with Gasteiger partial charge >= 0.3 is 0 Å². The first-order valence-electron chi connectivity index (χ1n) is 6.94. The Kier molecular flexibility index (Phi) is 4.84. The molecule has 4 nitrogen and oxygen atoms in total. The van der Waals surface area contributed by atoms with Crippen molar-refractivity contribution in [2.24, 2.45) is 0 Å². The molecule has 0 unspecified atom stereocenters. The fourth-order valence-electron chi connectivity index (χ4n) is 2.18. The first kappa shape index (κ1) is 15.2. The van der Waals surface area contributed by atoms with Gasteiger partial charge in [-0.05, 0) is 18.2 Å². The van der Waals surface area contributed by atoms with Gasteiger partial charge in [-0.2, -0.15) is 0 Å². The summed E-state index contributed by atoms with van der Waals surface area (Å²) in [5.74, 6) is 0.314. The molecule has 1 aliphatic heterocycles. The summed E-state index contributed by atoms with van der Waals surface area (Å²) in [6.45, 7) is 2.95. The third-order valence-corrected chi connectivity index (χ3v) is 4.32. The average Bonchev–Trinajstić information content (AvgIpc) is 2.57. The molecular formula is C15H15F2N3OS. The molecule has 0 aliphatic carbocycles. The maximum Gasteiger partial charge on any atom is 0.133 e. The second kappa shape index (κ2) is 7.02. The molecule has 0 saturated carbocycles. The van der Waals surface area contributed by atoms with Crippen molar-refractivity contribution in [1.82, 2.24) is 9.97 Å². The lowest BCUT2D eigenvalue weighted by molar-refractivity contribution is 0.122. The molecule has 7 heteroatoms. The van der Waals surface area contributed by atoms with Crippen LogP contribution in [0.15, 0.2) is 35.6 Å². The highest BCUT2D eigenvalue weighted by Gasteiger charge is 2.13. The number of nitrogens with zero attached hydrogens (tertiary/aromatic N) is 3. The third kappa shape index (κ3) is 3.72. The zero-order chi connectivity index (χ0) is 15.4. The number of thioether (sulfide) groups is 1. The highest BCUT2D eigenvalue weighted by atomic mass is 32.2. The molecule has 0 radical (unpaired) electrons. The lowest BCUT2D eigenvalue weighted by Crippen LogP contribution is -2.36. The molecule has 1 aromatic heterocycles. The van der Waals surface area contributed by atoms with Gasteiger partial charge in [0.25, 0.3) is 0 Å². The van der Waals surface area contributed by atoms with Crippen LogP contribution < -0.4 is 4.90 Å². The van der Waals surface area contributed by atoms with Gasteiger partial charge in [-0.3, -0.25) is 0 Å². The molecule has 1 saturated heterocycles. The van der Waals surface area contributed by atoms with E-state index in [9.17, 15) is 8.78 Å². The van der Waals surface area contributed by atoms with Gasteiger partial charge in [-0.1, -0.05) is 0 Å². The summed E-state index contributed by atoms with van der Waals surface area (Å²) >= 11 is 1.36. The van der Waals surface area contributed by atoms with E-state index in [2.05, 4.69) is 14.9 Å². The van der Waals surface area contributed by atoms with E-state index in [4.69, 9.17) is 4.74 Å². The van der Waals surface area contributed by atoms with Gasteiger partial charge in [0.1, 0.15) is 28.8 Å². The Morgan fingerprint density at radius 2 is 1.95 bits per heavy atom. The second-order valence-electron chi connectivity index (χ2n) is 4.84. The number of halogens is 2. The SMILES string of the molecule is Fc1ccc(F)c(CSc2cc(N3CCOCC3)ncn2)c1. The highest BCUT2D eigenvalue weighted by molar-refractivity contribution is 7.98. The summed E-state index contributed by atoms with van der Waals surface area (Å²) in [6.07, 6.45) is 1.50. The molecule has 0 N–H and O–H groups in total. The van der Waals surface area contributed by atoms with Crippen molar-refractivity contribution in [3.05, 3.63) is 47.8 Å². The van der Waals surface area contributed by atoms with Crippen molar-refractivity contribution in [1.29, 1.82) is 0 Å². The van der Waals surface area contributed by atoms with E-state index < -0.39 is 11.6 Å². The van der Waals surface area contributed by atoms with Crippen LogP contribution in [-0.2, 0) is 10.5 Å². The molecule has 1 aromatic carbocycles. The predicted molar refractivity (Wildman–Crippen MR) is 81.0 cm³/mol. The first-order valence-corrected chi connectivity index (χ1v) is 7.92.